The van der Waals surface area contributed by atoms with Crippen LogP contribution in [0.3, 0.4) is 0 Å². The number of ether oxygens (including phenoxy) is 1. The summed E-state index contributed by atoms with van der Waals surface area (Å²) in [6, 6.07) is 1.52. The molecule has 12 heavy (non-hydrogen) atoms. The molecule has 0 atom stereocenters. The average Bonchev–Trinajstić information content (AvgIpc) is 2.17. The Labute approximate surface area is 78.0 Å². The van der Waals surface area contributed by atoms with Gasteiger partial charge in [0.05, 0.1) is 18.9 Å². The SMILES string of the molecule is COC(=O)c1cncc(OBr)c1. The van der Waals surface area contributed by atoms with E-state index in [0.717, 1.165) is 0 Å². The predicted octanol–water partition coefficient (Wildman–Crippen LogP) is 1.56. The minimum absolute atomic E-state index is 0.356. The lowest BCUT2D eigenvalue weighted by Crippen LogP contribution is -2.01. The van der Waals surface area contributed by atoms with Gasteiger partial charge in [-0.05, 0) is 6.07 Å². The van der Waals surface area contributed by atoms with Crippen LogP contribution in [0.2, 0.25) is 0 Å². The van der Waals surface area contributed by atoms with Crippen LogP contribution >= 0.6 is 16.3 Å². The number of pyridine rings is 1. The van der Waals surface area contributed by atoms with Gasteiger partial charge in [-0.15, -0.1) is 0 Å². The van der Waals surface area contributed by atoms with E-state index in [0.29, 0.717) is 11.3 Å². The first-order valence-electron chi connectivity index (χ1n) is 3.10. The summed E-state index contributed by atoms with van der Waals surface area (Å²) in [4.78, 5) is 14.7. The largest absolute Gasteiger partial charge is 0.465 e. The van der Waals surface area contributed by atoms with Crippen LogP contribution in [0.15, 0.2) is 18.5 Å². The van der Waals surface area contributed by atoms with E-state index in [1.54, 1.807) is 0 Å². The molecule has 0 aliphatic carbocycles. The van der Waals surface area contributed by atoms with Gasteiger partial charge < -0.3 is 8.57 Å². The maximum Gasteiger partial charge on any atom is 0.339 e. The van der Waals surface area contributed by atoms with Crippen LogP contribution < -0.4 is 3.83 Å². The molecule has 0 unspecified atom stereocenters. The summed E-state index contributed by atoms with van der Waals surface area (Å²) in [5.74, 6) is 0.0202. The summed E-state index contributed by atoms with van der Waals surface area (Å²) < 4.78 is 9.18. The monoisotopic (exact) mass is 231 g/mol. The van der Waals surface area contributed by atoms with Crippen LogP contribution in [0.25, 0.3) is 0 Å². The van der Waals surface area contributed by atoms with Crippen molar-refractivity contribution in [1.82, 2.24) is 4.98 Å². The number of rotatable bonds is 2. The number of aromatic nitrogens is 1. The summed E-state index contributed by atoms with van der Waals surface area (Å²) in [5.41, 5.74) is 0.356. The number of esters is 1. The van der Waals surface area contributed by atoms with Gasteiger partial charge in [0.15, 0.2) is 22.0 Å². The van der Waals surface area contributed by atoms with E-state index in [9.17, 15) is 4.79 Å². The molecule has 0 bridgehead atoms. The Balaban J connectivity index is 2.93. The molecular formula is C7H6BrNO3. The fraction of sp³-hybridized carbons (Fsp3) is 0.143. The molecule has 1 rings (SSSR count). The van der Waals surface area contributed by atoms with Crippen LogP contribution in [0.4, 0.5) is 0 Å². The molecule has 0 radical (unpaired) electrons. The lowest BCUT2D eigenvalue weighted by molar-refractivity contribution is 0.0600. The Bertz CT molecular complexity index is 290. The fourth-order valence-corrected chi connectivity index (χ4v) is 0.868. The first-order valence-corrected chi connectivity index (χ1v) is 3.74. The van der Waals surface area contributed by atoms with Gasteiger partial charge >= 0.3 is 5.97 Å². The molecule has 0 spiro atoms. The Morgan fingerprint density at radius 2 is 2.33 bits per heavy atom. The molecule has 1 heterocycles. The molecule has 64 valence electrons. The molecular weight excluding hydrogens is 226 g/mol. The van der Waals surface area contributed by atoms with Crippen LogP contribution in [-0.2, 0) is 4.74 Å². The third kappa shape index (κ3) is 1.94. The van der Waals surface area contributed by atoms with Crippen LogP contribution in [0, 0.1) is 0 Å². The minimum atomic E-state index is -0.436. The quantitative estimate of drug-likeness (QED) is 0.726. The van der Waals surface area contributed by atoms with Crippen molar-refractivity contribution in [3.63, 3.8) is 0 Å². The zero-order chi connectivity index (χ0) is 8.97. The highest BCUT2D eigenvalue weighted by atomic mass is 79.9. The fourth-order valence-electron chi connectivity index (χ4n) is 0.691. The van der Waals surface area contributed by atoms with Gasteiger partial charge in [0.2, 0.25) is 0 Å². The van der Waals surface area contributed by atoms with Gasteiger partial charge in [-0.25, -0.2) is 4.79 Å². The third-order valence-electron chi connectivity index (χ3n) is 1.22. The first-order chi connectivity index (χ1) is 5.77. The summed E-state index contributed by atoms with van der Waals surface area (Å²) in [7, 11) is 1.31. The number of methoxy groups -OCH3 is 1. The number of carbonyl (C=O) groups is 1. The van der Waals surface area contributed by atoms with E-state index >= 15 is 0 Å². The Morgan fingerprint density at radius 3 is 2.92 bits per heavy atom. The van der Waals surface area contributed by atoms with Crippen LogP contribution in [0.1, 0.15) is 10.4 Å². The highest BCUT2D eigenvalue weighted by Crippen LogP contribution is 2.13. The molecule has 4 nitrogen and oxygen atoms in total. The van der Waals surface area contributed by atoms with Crippen molar-refractivity contribution in [3.8, 4) is 5.75 Å². The topological polar surface area (TPSA) is 48.4 Å². The molecule has 0 saturated heterocycles. The predicted molar refractivity (Wildman–Crippen MR) is 45.1 cm³/mol. The van der Waals surface area contributed by atoms with E-state index in [-0.39, 0.29) is 0 Å². The van der Waals surface area contributed by atoms with E-state index in [1.165, 1.54) is 25.6 Å². The molecule has 1 aromatic rings. The lowest BCUT2D eigenvalue weighted by Gasteiger charge is -1.99. The maximum atomic E-state index is 10.9. The van der Waals surface area contributed by atoms with Crippen molar-refractivity contribution in [2.45, 2.75) is 0 Å². The number of halogens is 1. The van der Waals surface area contributed by atoms with Gasteiger partial charge in [0.1, 0.15) is 0 Å². The molecule has 5 heteroatoms. The number of carbonyl (C=O) groups excluding carboxylic acids is 1. The van der Waals surface area contributed by atoms with Crippen molar-refractivity contribution in [1.29, 1.82) is 0 Å². The molecule has 0 amide bonds. The van der Waals surface area contributed by atoms with Gasteiger partial charge in [-0.1, -0.05) is 0 Å². The van der Waals surface area contributed by atoms with E-state index in [1.807, 2.05) is 0 Å². The third-order valence-corrected chi connectivity index (χ3v) is 1.60. The average molecular weight is 232 g/mol. The Hall–Kier alpha value is -1.10. The molecule has 0 aromatic carbocycles. The number of hydrogen-bond donors (Lipinski definition) is 0. The van der Waals surface area contributed by atoms with Gasteiger partial charge in [-0.2, -0.15) is 0 Å². The normalized spacial score (nSPS) is 9.17. The second kappa shape index (κ2) is 4.06. The van der Waals surface area contributed by atoms with Crippen LogP contribution in [0.5, 0.6) is 5.75 Å². The summed E-state index contributed by atoms with van der Waals surface area (Å²) in [6.07, 6.45) is 2.88. The Kier molecular flexibility index (Phi) is 3.04. The lowest BCUT2D eigenvalue weighted by atomic mass is 10.3. The summed E-state index contributed by atoms with van der Waals surface area (Å²) >= 11 is 2.77. The second-order valence-electron chi connectivity index (χ2n) is 1.98. The highest BCUT2D eigenvalue weighted by molar-refractivity contribution is 9.06. The van der Waals surface area contributed by atoms with E-state index in [2.05, 4.69) is 26.0 Å². The van der Waals surface area contributed by atoms with E-state index in [4.69, 9.17) is 3.83 Å². The smallest absolute Gasteiger partial charge is 0.339 e. The highest BCUT2D eigenvalue weighted by Gasteiger charge is 2.06. The summed E-state index contributed by atoms with van der Waals surface area (Å²) in [5, 5.41) is 0. The van der Waals surface area contributed by atoms with Crippen LogP contribution in [-0.4, -0.2) is 18.1 Å². The molecule has 0 aliphatic rings. The van der Waals surface area contributed by atoms with Crippen molar-refractivity contribution in [2.75, 3.05) is 7.11 Å². The zero-order valence-electron chi connectivity index (χ0n) is 6.28. The molecule has 1 aromatic heterocycles. The van der Waals surface area contributed by atoms with Gasteiger partial charge in [-0.3, -0.25) is 4.98 Å². The first kappa shape index (κ1) is 8.99. The van der Waals surface area contributed by atoms with Crippen molar-refractivity contribution < 1.29 is 13.4 Å². The minimum Gasteiger partial charge on any atom is -0.465 e. The molecule has 0 N–H and O–H groups in total. The number of nitrogens with zero attached hydrogens (tertiary/aromatic N) is 1. The maximum absolute atomic E-state index is 10.9. The summed E-state index contributed by atoms with van der Waals surface area (Å²) in [6.45, 7) is 0. The Morgan fingerprint density at radius 1 is 1.58 bits per heavy atom. The molecule has 0 aliphatic heterocycles. The van der Waals surface area contributed by atoms with Crippen molar-refractivity contribution >= 4 is 22.2 Å². The zero-order valence-corrected chi connectivity index (χ0v) is 7.87. The van der Waals surface area contributed by atoms with Crippen molar-refractivity contribution in [3.05, 3.63) is 24.0 Å². The number of hydrogen-bond acceptors (Lipinski definition) is 4. The van der Waals surface area contributed by atoms with Gasteiger partial charge in [0.25, 0.3) is 0 Å². The van der Waals surface area contributed by atoms with E-state index < -0.39 is 5.97 Å². The standard InChI is InChI=1S/C7H6BrNO3/c1-11-7(10)5-2-6(12-8)4-9-3-5/h2-4H,1H3. The molecule has 0 saturated carbocycles. The van der Waals surface area contributed by atoms with Gasteiger partial charge in [0, 0.05) is 6.20 Å². The van der Waals surface area contributed by atoms with Crippen molar-refractivity contribution in [2.24, 2.45) is 0 Å². The molecule has 0 fully saturated rings. The second-order valence-corrected chi connectivity index (χ2v) is 2.30.